The molecular weight excluding hydrogens is 378 g/mol. The Morgan fingerprint density at radius 2 is 1.50 bits per heavy atom. The second-order valence-electron chi connectivity index (χ2n) is 5.52. The molecule has 0 aromatic heterocycles. The molecular formula is C19H15F2O7-. The Labute approximate surface area is 158 Å². The van der Waals surface area contributed by atoms with Crippen molar-refractivity contribution < 1.29 is 42.5 Å². The fraction of sp³-hybridized carbons (Fsp3) is 0.211. The number of carbonyl (C=O) groups is 3. The van der Waals surface area contributed by atoms with Crippen LogP contribution in [-0.2, 0) is 19.0 Å². The number of aliphatic carboxylic acids is 1. The van der Waals surface area contributed by atoms with Crippen LogP contribution >= 0.6 is 0 Å². The highest BCUT2D eigenvalue weighted by Gasteiger charge is 2.45. The van der Waals surface area contributed by atoms with Gasteiger partial charge in [-0.1, -0.05) is 30.3 Å². The number of ether oxygens (including phenoxy) is 3. The van der Waals surface area contributed by atoms with E-state index in [2.05, 4.69) is 4.74 Å². The van der Waals surface area contributed by atoms with Crippen LogP contribution in [0.5, 0.6) is 0 Å². The Balaban J connectivity index is 2.22. The summed E-state index contributed by atoms with van der Waals surface area (Å²) in [7, 11) is 1.33. The molecule has 0 heterocycles. The van der Waals surface area contributed by atoms with Crippen molar-refractivity contribution in [2.45, 2.75) is 12.0 Å². The Hall–Kier alpha value is -3.33. The molecule has 0 amide bonds. The SMILES string of the molecule is COCOC(=O)c1ccc(C(=O)OC(c2ccccc2)C(F)(F)C(=O)[O-])cc1. The van der Waals surface area contributed by atoms with Crippen molar-refractivity contribution in [1.29, 1.82) is 0 Å². The number of carbonyl (C=O) groups excluding carboxylic acids is 3. The van der Waals surface area contributed by atoms with Crippen molar-refractivity contribution in [1.82, 2.24) is 0 Å². The van der Waals surface area contributed by atoms with Gasteiger partial charge in [-0.3, -0.25) is 0 Å². The molecule has 0 aliphatic heterocycles. The Morgan fingerprint density at radius 3 is 2.00 bits per heavy atom. The molecule has 28 heavy (non-hydrogen) atoms. The molecule has 0 fully saturated rings. The van der Waals surface area contributed by atoms with Crippen molar-refractivity contribution in [2.24, 2.45) is 0 Å². The van der Waals surface area contributed by atoms with Crippen LogP contribution < -0.4 is 5.11 Å². The predicted octanol–water partition coefficient (Wildman–Crippen LogP) is 1.73. The summed E-state index contributed by atoms with van der Waals surface area (Å²) in [4.78, 5) is 34.8. The molecule has 1 atom stereocenters. The summed E-state index contributed by atoms with van der Waals surface area (Å²) in [6.07, 6.45) is -2.39. The molecule has 2 aromatic carbocycles. The van der Waals surface area contributed by atoms with Crippen LogP contribution in [0.4, 0.5) is 8.78 Å². The van der Waals surface area contributed by atoms with Crippen LogP contribution in [0.3, 0.4) is 0 Å². The molecule has 0 bridgehead atoms. The summed E-state index contributed by atoms with van der Waals surface area (Å²) in [6, 6.07) is 11.5. The molecule has 2 rings (SSSR count). The van der Waals surface area contributed by atoms with Crippen LogP contribution in [0.1, 0.15) is 32.4 Å². The topological polar surface area (TPSA) is 102 Å². The van der Waals surface area contributed by atoms with Crippen LogP contribution in [-0.4, -0.2) is 37.7 Å². The predicted molar refractivity (Wildman–Crippen MR) is 88.3 cm³/mol. The van der Waals surface area contributed by atoms with Crippen molar-refractivity contribution >= 4 is 17.9 Å². The third-order valence-corrected chi connectivity index (χ3v) is 3.59. The molecule has 9 heteroatoms. The number of rotatable bonds is 8. The highest BCUT2D eigenvalue weighted by atomic mass is 19.3. The van der Waals surface area contributed by atoms with Crippen molar-refractivity contribution in [2.75, 3.05) is 13.9 Å². The summed E-state index contributed by atoms with van der Waals surface area (Å²) >= 11 is 0. The largest absolute Gasteiger partial charge is 0.544 e. The number of hydrogen-bond donors (Lipinski definition) is 0. The third-order valence-electron chi connectivity index (χ3n) is 3.59. The lowest BCUT2D eigenvalue weighted by atomic mass is 10.0. The highest BCUT2D eigenvalue weighted by molar-refractivity contribution is 5.93. The van der Waals surface area contributed by atoms with E-state index in [1.165, 1.54) is 49.6 Å². The van der Waals surface area contributed by atoms with Crippen LogP contribution in [0.15, 0.2) is 54.6 Å². The quantitative estimate of drug-likeness (QED) is 0.497. The third kappa shape index (κ3) is 4.89. The number of carboxylic acid groups (broad SMARTS) is 1. The van der Waals surface area contributed by atoms with E-state index in [0.717, 1.165) is 12.1 Å². The van der Waals surface area contributed by atoms with Crippen LogP contribution in [0.2, 0.25) is 0 Å². The fourth-order valence-corrected chi connectivity index (χ4v) is 2.20. The monoisotopic (exact) mass is 393 g/mol. The number of hydrogen-bond acceptors (Lipinski definition) is 7. The van der Waals surface area contributed by atoms with E-state index in [4.69, 9.17) is 9.47 Å². The van der Waals surface area contributed by atoms with Crippen LogP contribution in [0.25, 0.3) is 0 Å². The van der Waals surface area contributed by atoms with Gasteiger partial charge >= 0.3 is 17.9 Å². The minimum absolute atomic E-state index is 0.0910. The molecule has 7 nitrogen and oxygen atoms in total. The number of carboxylic acids is 1. The van der Waals surface area contributed by atoms with Crippen molar-refractivity contribution in [3.63, 3.8) is 0 Å². The van der Waals surface area contributed by atoms with Gasteiger partial charge in [0.1, 0.15) is 5.97 Å². The van der Waals surface area contributed by atoms with E-state index < -0.39 is 29.9 Å². The van der Waals surface area contributed by atoms with E-state index >= 15 is 0 Å². The summed E-state index contributed by atoms with van der Waals surface area (Å²) in [5, 5.41) is 10.8. The molecule has 0 radical (unpaired) electrons. The van der Waals surface area contributed by atoms with E-state index in [1.54, 1.807) is 0 Å². The smallest absolute Gasteiger partial charge is 0.340 e. The number of alkyl halides is 2. The lowest BCUT2D eigenvalue weighted by Crippen LogP contribution is -2.47. The maximum atomic E-state index is 14.0. The average Bonchev–Trinajstić information content (AvgIpc) is 2.70. The zero-order valence-corrected chi connectivity index (χ0v) is 14.6. The lowest BCUT2D eigenvalue weighted by Gasteiger charge is -2.27. The summed E-state index contributed by atoms with van der Waals surface area (Å²) < 4.78 is 42.2. The van der Waals surface area contributed by atoms with E-state index in [0.29, 0.717) is 0 Å². The minimum Gasteiger partial charge on any atom is -0.544 e. The molecule has 1 unspecified atom stereocenters. The van der Waals surface area contributed by atoms with E-state index in [-0.39, 0.29) is 23.5 Å². The normalized spacial score (nSPS) is 12.1. The number of esters is 2. The van der Waals surface area contributed by atoms with Gasteiger partial charge < -0.3 is 24.1 Å². The molecule has 0 saturated heterocycles. The number of methoxy groups -OCH3 is 1. The summed E-state index contributed by atoms with van der Waals surface area (Å²) in [6.45, 7) is -0.264. The van der Waals surface area contributed by atoms with Gasteiger partial charge in [-0.25, -0.2) is 9.59 Å². The molecule has 2 aromatic rings. The maximum absolute atomic E-state index is 14.0. The van der Waals surface area contributed by atoms with Gasteiger partial charge in [-0.15, -0.1) is 0 Å². The van der Waals surface area contributed by atoms with Gasteiger partial charge in [0, 0.05) is 7.11 Å². The van der Waals surface area contributed by atoms with Gasteiger partial charge in [0.15, 0.2) is 12.9 Å². The van der Waals surface area contributed by atoms with E-state index in [9.17, 15) is 28.3 Å². The first-order valence-electron chi connectivity index (χ1n) is 7.88. The first kappa shape index (κ1) is 21.0. The van der Waals surface area contributed by atoms with Gasteiger partial charge in [-0.2, -0.15) is 8.78 Å². The Kier molecular flexibility index (Phi) is 6.78. The Bertz CT molecular complexity index is 835. The molecule has 0 aliphatic rings. The van der Waals surface area contributed by atoms with Gasteiger partial charge in [-0.05, 0) is 29.8 Å². The molecule has 0 saturated carbocycles. The van der Waals surface area contributed by atoms with Crippen molar-refractivity contribution in [3.8, 4) is 0 Å². The number of benzene rings is 2. The highest BCUT2D eigenvalue weighted by Crippen LogP contribution is 2.35. The molecule has 0 aliphatic carbocycles. The maximum Gasteiger partial charge on any atom is 0.340 e. The zero-order chi connectivity index (χ0) is 20.7. The first-order chi connectivity index (χ1) is 13.3. The van der Waals surface area contributed by atoms with E-state index in [1.807, 2.05) is 0 Å². The molecule has 0 spiro atoms. The van der Waals surface area contributed by atoms with Crippen molar-refractivity contribution in [3.05, 3.63) is 71.3 Å². The molecule has 0 N–H and O–H groups in total. The standard InChI is InChI=1S/C19H16F2O7/c1-26-11-27-16(22)13-7-9-14(10-8-13)17(23)28-15(19(20,21)18(24)25)12-5-3-2-4-6-12/h2-10,15H,11H2,1H3,(H,24,25)/p-1. The lowest BCUT2D eigenvalue weighted by molar-refractivity contribution is -0.336. The van der Waals surface area contributed by atoms with Crippen LogP contribution in [0, 0.1) is 0 Å². The van der Waals surface area contributed by atoms with Gasteiger partial charge in [0.25, 0.3) is 0 Å². The van der Waals surface area contributed by atoms with Gasteiger partial charge in [0.2, 0.25) is 0 Å². The fourth-order valence-electron chi connectivity index (χ4n) is 2.20. The Morgan fingerprint density at radius 1 is 0.964 bits per heavy atom. The average molecular weight is 393 g/mol. The second-order valence-corrected chi connectivity index (χ2v) is 5.52. The summed E-state index contributed by atoms with van der Waals surface area (Å²) in [5.41, 5.74) is -0.295. The minimum atomic E-state index is -4.46. The summed E-state index contributed by atoms with van der Waals surface area (Å²) in [5.74, 6) is -9.05. The second kappa shape index (κ2) is 9.05. The molecule has 148 valence electrons. The first-order valence-corrected chi connectivity index (χ1v) is 7.88. The zero-order valence-electron chi connectivity index (χ0n) is 14.6. The number of halogens is 2. The van der Waals surface area contributed by atoms with Gasteiger partial charge in [0.05, 0.1) is 11.1 Å².